The number of pyridine rings is 1. The van der Waals surface area contributed by atoms with Crippen molar-refractivity contribution < 1.29 is 13.9 Å². The molecular formula is C31H33ClFN5O2. The van der Waals surface area contributed by atoms with Crippen molar-refractivity contribution in [3.05, 3.63) is 76.7 Å². The topological polar surface area (TPSA) is 95.1 Å². The number of hydrogen-bond acceptors (Lipinski definition) is 5. The number of hydrogen-bond donors (Lipinski definition) is 2. The summed E-state index contributed by atoms with van der Waals surface area (Å²) in [4.78, 5) is 16.8. The summed E-state index contributed by atoms with van der Waals surface area (Å²) in [6.07, 6.45) is 11.1. The fourth-order valence-electron chi connectivity index (χ4n) is 4.97. The van der Waals surface area contributed by atoms with Gasteiger partial charge in [0.25, 0.3) is 0 Å². The third-order valence-corrected chi connectivity index (χ3v) is 7.36. The summed E-state index contributed by atoms with van der Waals surface area (Å²) in [5, 5.41) is 9.25. The SMILES string of the molecule is C[C@@H]1CCn2nc(-c3ccc(OCc4cccc(F)c4)c(Cl)c3)c3c(N)ncc(c32)/C=C/CCCCCC(=O)N1. The lowest BCUT2D eigenvalue weighted by Gasteiger charge is -2.14. The lowest BCUT2D eigenvalue weighted by atomic mass is 10.1. The van der Waals surface area contributed by atoms with Gasteiger partial charge in [0, 0.05) is 36.3 Å². The van der Waals surface area contributed by atoms with Crippen LogP contribution in [0.3, 0.4) is 0 Å². The molecule has 2 aromatic carbocycles. The van der Waals surface area contributed by atoms with Gasteiger partial charge in [0.15, 0.2) is 0 Å². The first-order chi connectivity index (χ1) is 19.4. The Balaban J connectivity index is 1.50. The third kappa shape index (κ3) is 6.45. The maximum Gasteiger partial charge on any atom is 0.220 e. The van der Waals surface area contributed by atoms with Crippen LogP contribution in [0, 0.1) is 5.82 Å². The maximum absolute atomic E-state index is 13.5. The molecule has 1 aliphatic heterocycles. The van der Waals surface area contributed by atoms with Gasteiger partial charge >= 0.3 is 0 Å². The predicted molar refractivity (Wildman–Crippen MR) is 157 cm³/mol. The first-order valence-electron chi connectivity index (χ1n) is 13.7. The Kier molecular flexibility index (Phi) is 8.65. The summed E-state index contributed by atoms with van der Waals surface area (Å²) in [6.45, 7) is 2.79. The zero-order valence-corrected chi connectivity index (χ0v) is 23.3. The Labute approximate surface area is 238 Å². The first kappa shape index (κ1) is 27.6. The van der Waals surface area contributed by atoms with Gasteiger partial charge in [-0.1, -0.05) is 42.3 Å². The average Bonchev–Trinajstić information content (AvgIpc) is 3.32. The number of nitrogen functional groups attached to an aromatic ring is 1. The van der Waals surface area contributed by atoms with Gasteiger partial charge in [-0.25, -0.2) is 9.37 Å². The zero-order chi connectivity index (χ0) is 28.1. The Morgan fingerprint density at radius 1 is 1.20 bits per heavy atom. The molecule has 4 aromatic rings. The predicted octanol–water partition coefficient (Wildman–Crippen LogP) is 6.92. The Morgan fingerprint density at radius 2 is 2.08 bits per heavy atom. The van der Waals surface area contributed by atoms with Crippen LogP contribution < -0.4 is 15.8 Å². The summed E-state index contributed by atoms with van der Waals surface area (Å²) < 4.78 is 21.4. The highest BCUT2D eigenvalue weighted by Crippen LogP contribution is 2.37. The van der Waals surface area contributed by atoms with Crippen molar-refractivity contribution in [2.24, 2.45) is 0 Å². The van der Waals surface area contributed by atoms with Crippen LogP contribution >= 0.6 is 11.6 Å². The molecule has 7 nitrogen and oxygen atoms in total. The molecule has 0 bridgehead atoms. The monoisotopic (exact) mass is 561 g/mol. The molecule has 1 atom stereocenters. The molecule has 40 heavy (non-hydrogen) atoms. The summed E-state index contributed by atoms with van der Waals surface area (Å²) in [5.41, 5.74) is 10.4. The van der Waals surface area contributed by atoms with Crippen LogP contribution in [0.5, 0.6) is 5.75 Å². The van der Waals surface area contributed by atoms with Gasteiger partial charge < -0.3 is 15.8 Å². The number of amides is 1. The van der Waals surface area contributed by atoms with Gasteiger partial charge in [-0.15, -0.1) is 0 Å². The Hall–Kier alpha value is -3.91. The molecule has 0 fully saturated rings. The van der Waals surface area contributed by atoms with E-state index in [-0.39, 0.29) is 24.4 Å². The number of anilines is 1. The van der Waals surface area contributed by atoms with Crippen molar-refractivity contribution in [2.45, 2.75) is 64.6 Å². The molecule has 0 aliphatic carbocycles. The van der Waals surface area contributed by atoms with E-state index in [0.29, 0.717) is 47.2 Å². The number of nitrogens with one attached hydrogen (secondary N) is 1. The molecule has 1 aliphatic rings. The van der Waals surface area contributed by atoms with Crippen LogP contribution in [0.15, 0.2) is 54.7 Å². The number of halogens is 2. The number of aromatic nitrogens is 3. The molecule has 0 radical (unpaired) electrons. The van der Waals surface area contributed by atoms with Gasteiger partial charge in [0.1, 0.15) is 29.7 Å². The van der Waals surface area contributed by atoms with E-state index in [2.05, 4.69) is 22.5 Å². The number of nitrogens with zero attached hydrogens (tertiary/aromatic N) is 3. The van der Waals surface area contributed by atoms with Crippen LogP contribution in [-0.2, 0) is 17.9 Å². The van der Waals surface area contributed by atoms with E-state index in [1.165, 1.54) is 12.1 Å². The average molecular weight is 562 g/mol. The van der Waals surface area contributed by atoms with Crippen LogP contribution in [0.4, 0.5) is 10.2 Å². The number of aryl methyl sites for hydroxylation is 1. The molecule has 0 unspecified atom stereocenters. The van der Waals surface area contributed by atoms with Crippen molar-refractivity contribution in [2.75, 3.05) is 5.73 Å². The molecule has 2 aromatic heterocycles. The molecular weight excluding hydrogens is 529 g/mol. The summed E-state index contributed by atoms with van der Waals surface area (Å²) in [5.74, 6) is 0.646. The second-order valence-corrected chi connectivity index (χ2v) is 10.6. The fourth-order valence-corrected chi connectivity index (χ4v) is 5.21. The largest absolute Gasteiger partial charge is 0.487 e. The number of carbonyl (C=O) groups is 1. The van der Waals surface area contributed by atoms with Crippen molar-refractivity contribution >= 4 is 40.3 Å². The summed E-state index contributed by atoms with van der Waals surface area (Å²) in [6, 6.07) is 11.7. The Bertz CT molecular complexity index is 1550. The fraction of sp³-hybridized carbons (Fsp3) is 0.323. The number of benzene rings is 2. The zero-order valence-electron chi connectivity index (χ0n) is 22.5. The van der Waals surface area contributed by atoms with E-state index >= 15 is 0 Å². The summed E-state index contributed by atoms with van der Waals surface area (Å²) >= 11 is 6.63. The van der Waals surface area contributed by atoms with Crippen LogP contribution in [0.25, 0.3) is 28.2 Å². The molecule has 3 heterocycles. The molecule has 0 saturated heterocycles. The highest BCUT2D eigenvalue weighted by molar-refractivity contribution is 6.32. The number of carbonyl (C=O) groups excluding carboxylic acids is 1. The highest BCUT2D eigenvalue weighted by Gasteiger charge is 2.20. The quantitative estimate of drug-likeness (QED) is 0.282. The molecule has 0 saturated carbocycles. The van der Waals surface area contributed by atoms with Crippen LogP contribution in [0.1, 0.15) is 56.6 Å². The van der Waals surface area contributed by atoms with E-state index in [1.54, 1.807) is 30.5 Å². The molecule has 9 heteroatoms. The van der Waals surface area contributed by atoms with Crippen LogP contribution in [0.2, 0.25) is 5.02 Å². The van der Waals surface area contributed by atoms with E-state index in [1.807, 2.05) is 17.7 Å². The number of ether oxygens (including phenoxy) is 1. The molecule has 208 valence electrons. The second-order valence-electron chi connectivity index (χ2n) is 10.2. The smallest absolute Gasteiger partial charge is 0.220 e. The van der Waals surface area contributed by atoms with E-state index in [9.17, 15) is 9.18 Å². The number of allylic oxidation sites excluding steroid dienone is 1. The normalized spacial score (nSPS) is 17.6. The molecule has 5 rings (SSSR count). The minimum absolute atomic E-state index is 0.00229. The van der Waals surface area contributed by atoms with Gasteiger partial charge in [-0.3, -0.25) is 9.48 Å². The molecule has 1 amide bonds. The minimum Gasteiger partial charge on any atom is -0.487 e. The molecule has 3 N–H and O–H groups in total. The standard InChI is InChI=1S/C31H33ClFN5O2/c1-20-14-15-38-30-23(9-5-3-2-4-6-11-27(39)36-20)18-35-31(34)28(30)29(37-38)22-12-13-26(25(32)17-22)40-19-21-8-7-10-24(33)16-21/h5,7-10,12-13,16-18,20H,2-4,6,11,14-15,19H2,1H3,(H2,34,35)(H,36,39)/b9-5+/t20-/m1/s1. The minimum atomic E-state index is -0.314. The summed E-state index contributed by atoms with van der Waals surface area (Å²) in [7, 11) is 0. The van der Waals surface area contributed by atoms with Crippen molar-refractivity contribution in [3.63, 3.8) is 0 Å². The second kappa shape index (κ2) is 12.5. The lowest BCUT2D eigenvalue weighted by Crippen LogP contribution is -2.33. The maximum atomic E-state index is 13.5. The first-order valence-corrected chi connectivity index (χ1v) is 14.0. The third-order valence-electron chi connectivity index (χ3n) is 7.07. The van der Waals surface area contributed by atoms with Gasteiger partial charge in [0.2, 0.25) is 5.91 Å². The number of nitrogens with two attached hydrogens (primary N) is 1. The van der Waals surface area contributed by atoms with Gasteiger partial charge in [-0.2, -0.15) is 5.10 Å². The lowest BCUT2D eigenvalue weighted by molar-refractivity contribution is -0.121. The highest BCUT2D eigenvalue weighted by atomic mass is 35.5. The molecule has 0 spiro atoms. The van der Waals surface area contributed by atoms with Gasteiger partial charge in [0.05, 0.1) is 15.9 Å². The van der Waals surface area contributed by atoms with Crippen LogP contribution in [-0.4, -0.2) is 26.7 Å². The van der Waals surface area contributed by atoms with E-state index in [0.717, 1.165) is 47.7 Å². The van der Waals surface area contributed by atoms with Crippen molar-refractivity contribution in [1.82, 2.24) is 20.1 Å². The van der Waals surface area contributed by atoms with Gasteiger partial charge in [-0.05, 0) is 68.5 Å². The van der Waals surface area contributed by atoms with Crippen molar-refractivity contribution in [1.29, 1.82) is 0 Å². The Morgan fingerprint density at radius 3 is 2.90 bits per heavy atom. The van der Waals surface area contributed by atoms with E-state index in [4.69, 9.17) is 27.2 Å². The van der Waals surface area contributed by atoms with E-state index < -0.39 is 0 Å². The van der Waals surface area contributed by atoms with Crippen molar-refractivity contribution in [3.8, 4) is 17.0 Å². The number of rotatable bonds is 4.